The fourth-order valence-corrected chi connectivity index (χ4v) is 6.32. The highest BCUT2D eigenvalue weighted by molar-refractivity contribution is 7.80. The first kappa shape index (κ1) is 22.0. The minimum absolute atomic E-state index is 0.249. The first-order valence-corrected chi connectivity index (χ1v) is 11.7. The zero-order valence-electron chi connectivity index (χ0n) is 19.5. The molecule has 5 atom stereocenters. The average molecular weight is 492 g/mol. The van der Waals surface area contributed by atoms with Crippen molar-refractivity contribution in [3.8, 4) is 23.0 Å². The molecule has 0 spiro atoms. The van der Waals surface area contributed by atoms with Crippen LogP contribution in [0.25, 0.3) is 0 Å². The maximum atomic E-state index is 12.9. The number of aliphatic hydroxyl groups is 1. The van der Waals surface area contributed by atoms with Crippen molar-refractivity contribution in [2.45, 2.75) is 29.3 Å². The largest absolute Gasteiger partial charge is 0.497 e. The predicted octanol–water partition coefficient (Wildman–Crippen LogP) is 3.63. The molecule has 2 fully saturated rings. The Morgan fingerprint density at radius 2 is 1.63 bits per heavy atom. The van der Waals surface area contributed by atoms with E-state index >= 15 is 0 Å². The summed E-state index contributed by atoms with van der Waals surface area (Å²) >= 11 is 5.42. The summed E-state index contributed by atoms with van der Waals surface area (Å²) < 4.78 is 29.7. The monoisotopic (exact) mass is 491 g/mol. The zero-order valence-corrected chi connectivity index (χ0v) is 20.3. The van der Waals surface area contributed by atoms with Crippen molar-refractivity contribution in [1.29, 1.82) is 0 Å². The molecular formula is C27H25NO6S. The summed E-state index contributed by atoms with van der Waals surface area (Å²) in [6.45, 7) is 0. The number of hydrogen-bond donors (Lipinski definition) is 2. The number of fused-ring (bicyclic) bond motifs is 5. The summed E-state index contributed by atoms with van der Waals surface area (Å²) in [6.07, 6.45) is -0.731. The maximum Gasteiger partial charge on any atom is 0.257 e. The normalized spacial score (nSPS) is 29.8. The number of nitrogens with one attached hydrogen (secondary N) is 1. The Labute approximate surface area is 208 Å². The van der Waals surface area contributed by atoms with Gasteiger partial charge in [0.25, 0.3) is 5.17 Å². The van der Waals surface area contributed by atoms with Crippen LogP contribution in [-0.2, 0) is 15.9 Å². The molecule has 1 saturated carbocycles. The molecule has 3 aliphatic rings. The Kier molecular flexibility index (Phi) is 4.88. The van der Waals surface area contributed by atoms with Gasteiger partial charge >= 0.3 is 0 Å². The van der Waals surface area contributed by atoms with Crippen LogP contribution in [0.2, 0.25) is 0 Å². The Hall–Kier alpha value is -3.49. The molecule has 1 saturated heterocycles. The van der Waals surface area contributed by atoms with Crippen molar-refractivity contribution in [3.63, 3.8) is 0 Å². The van der Waals surface area contributed by atoms with Gasteiger partial charge in [0.05, 0.1) is 38.9 Å². The van der Waals surface area contributed by atoms with E-state index in [4.69, 9.17) is 35.9 Å². The third-order valence-corrected chi connectivity index (χ3v) is 7.66. The fraction of sp³-hybridized carbons (Fsp3) is 0.296. The minimum atomic E-state index is -1.65. The van der Waals surface area contributed by atoms with E-state index in [9.17, 15) is 5.11 Å². The maximum absolute atomic E-state index is 12.9. The quantitative estimate of drug-likeness (QED) is 0.524. The van der Waals surface area contributed by atoms with Crippen LogP contribution in [0.15, 0.2) is 66.7 Å². The molecule has 0 amide bonds. The van der Waals surface area contributed by atoms with Gasteiger partial charge in [0.15, 0.2) is 17.3 Å². The van der Waals surface area contributed by atoms with E-state index in [0.717, 1.165) is 11.1 Å². The second-order valence-corrected chi connectivity index (χ2v) is 9.29. The lowest BCUT2D eigenvalue weighted by molar-refractivity contribution is -0.144. The molecule has 180 valence electrons. The van der Waals surface area contributed by atoms with Gasteiger partial charge in [-0.15, -0.1) is 0 Å². The summed E-state index contributed by atoms with van der Waals surface area (Å²) in [5, 5.41) is 16.5. The number of methoxy groups -OCH3 is 3. The highest BCUT2D eigenvalue weighted by Gasteiger charge is 2.79. The molecule has 2 heterocycles. The molecule has 0 unspecified atom stereocenters. The van der Waals surface area contributed by atoms with Gasteiger partial charge in [0.2, 0.25) is 0 Å². The average Bonchev–Trinajstić information content (AvgIpc) is 3.46. The molecule has 0 bridgehead atoms. The van der Waals surface area contributed by atoms with Crippen LogP contribution in [0.4, 0.5) is 0 Å². The van der Waals surface area contributed by atoms with Gasteiger partial charge in [-0.3, -0.25) is 0 Å². The molecular weight excluding hydrogens is 466 g/mol. The van der Waals surface area contributed by atoms with Crippen molar-refractivity contribution >= 4 is 17.4 Å². The molecule has 1 aliphatic carbocycles. The number of thiocarbonyl (C=S) groups is 1. The van der Waals surface area contributed by atoms with Crippen molar-refractivity contribution < 1.29 is 28.8 Å². The smallest absolute Gasteiger partial charge is 0.257 e. The first-order chi connectivity index (χ1) is 17.0. The predicted molar refractivity (Wildman–Crippen MR) is 132 cm³/mol. The van der Waals surface area contributed by atoms with E-state index in [1.54, 1.807) is 33.5 Å². The molecule has 7 nitrogen and oxygen atoms in total. The second-order valence-electron chi connectivity index (χ2n) is 8.92. The van der Waals surface area contributed by atoms with Crippen LogP contribution in [0.3, 0.4) is 0 Å². The van der Waals surface area contributed by atoms with E-state index in [1.165, 1.54) is 0 Å². The molecule has 35 heavy (non-hydrogen) atoms. The van der Waals surface area contributed by atoms with Crippen molar-refractivity contribution in [2.24, 2.45) is 0 Å². The van der Waals surface area contributed by atoms with Gasteiger partial charge in [0.1, 0.15) is 23.0 Å². The van der Waals surface area contributed by atoms with E-state index in [0.29, 0.717) is 28.6 Å². The van der Waals surface area contributed by atoms with E-state index in [-0.39, 0.29) is 17.1 Å². The molecule has 8 heteroatoms. The standard InChI is InChI=1S/C27H25NO6S/c1-30-17-11-9-16(10-12-17)27-21(15-7-5-4-6-8-15)23-24(33-25(35)28-23)26(27,29)22-19(32-3)13-18(31-2)14-20(22)34-27/h4-14,21,23-24,29H,1-3H3,(H,28,35)/t21-,23-,24-,26+,27+/m1/s1. The molecule has 6 rings (SSSR count). The Morgan fingerprint density at radius 1 is 0.914 bits per heavy atom. The highest BCUT2D eigenvalue weighted by Crippen LogP contribution is 2.69. The van der Waals surface area contributed by atoms with Gasteiger partial charge < -0.3 is 34.1 Å². The van der Waals surface area contributed by atoms with E-state index < -0.39 is 17.3 Å². The highest BCUT2D eigenvalue weighted by atomic mass is 32.1. The summed E-state index contributed by atoms with van der Waals surface area (Å²) in [5.41, 5.74) is -0.642. The van der Waals surface area contributed by atoms with Crippen LogP contribution in [0.1, 0.15) is 22.6 Å². The van der Waals surface area contributed by atoms with Crippen LogP contribution in [-0.4, -0.2) is 43.8 Å². The van der Waals surface area contributed by atoms with Crippen LogP contribution < -0.4 is 24.3 Å². The lowest BCUT2D eigenvalue weighted by Crippen LogP contribution is -2.52. The Balaban J connectivity index is 1.69. The fourth-order valence-electron chi connectivity index (χ4n) is 6.08. The second kappa shape index (κ2) is 7.76. The lowest BCUT2D eigenvalue weighted by atomic mass is 9.71. The topological polar surface area (TPSA) is 78.4 Å². The third-order valence-electron chi connectivity index (χ3n) is 7.44. The van der Waals surface area contributed by atoms with Crippen LogP contribution in [0.5, 0.6) is 23.0 Å². The van der Waals surface area contributed by atoms with Gasteiger partial charge in [0, 0.05) is 12.1 Å². The molecule has 0 aromatic heterocycles. The molecule has 3 aromatic carbocycles. The number of rotatable bonds is 5. The number of hydrogen-bond acceptors (Lipinski definition) is 7. The number of benzene rings is 3. The van der Waals surface area contributed by atoms with Gasteiger partial charge in [-0.05, 0) is 35.5 Å². The Morgan fingerprint density at radius 3 is 2.29 bits per heavy atom. The Bertz CT molecular complexity index is 1300. The molecule has 3 aromatic rings. The molecule has 2 N–H and O–H groups in total. The third kappa shape index (κ3) is 2.78. The van der Waals surface area contributed by atoms with Gasteiger partial charge in [-0.1, -0.05) is 42.5 Å². The lowest BCUT2D eigenvalue weighted by Gasteiger charge is -2.41. The van der Waals surface area contributed by atoms with E-state index in [2.05, 4.69) is 5.32 Å². The zero-order chi connectivity index (χ0) is 24.4. The van der Waals surface area contributed by atoms with Crippen LogP contribution in [0, 0.1) is 0 Å². The summed E-state index contributed by atoms with van der Waals surface area (Å²) in [5.74, 6) is 1.82. The summed E-state index contributed by atoms with van der Waals surface area (Å²) in [6, 6.07) is 20.7. The van der Waals surface area contributed by atoms with Crippen molar-refractivity contribution in [3.05, 3.63) is 83.4 Å². The van der Waals surface area contributed by atoms with E-state index in [1.807, 2.05) is 54.6 Å². The minimum Gasteiger partial charge on any atom is -0.497 e. The first-order valence-electron chi connectivity index (χ1n) is 11.3. The summed E-state index contributed by atoms with van der Waals surface area (Å²) in [7, 11) is 4.76. The number of ether oxygens (including phenoxy) is 5. The SMILES string of the molecule is COc1ccc([C@@]23Oc4cc(OC)cc(OC)c4[C@]2(O)[C@@H]2OC(=S)N[C@@H]2[C@H]3c2ccccc2)cc1. The summed E-state index contributed by atoms with van der Waals surface area (Å²) in [4.78, 5) is 0. The van der Waals surface area contributed by atoms with Crippen LogP contribution >= 0.6 is 12.2 Å². The van der Waals surface area contributed by atoms with Crippen molar-refractivity contribution in [1.82, 2.24) is 5.32 Å². The molecule has 2 aliphatic heterocycles. The van der Waals surface area contributed by atoms with Gasteiger partial charge in [-0.25, -0.2) is 0 Å². The molecule has 0 radical (unpaired) electrons. The van der Waals surface area contributed by atoms with Crippen molar-refractivity contribution in [2.75, 3.05) is 21.3 Å². The van der Waals surface area contributed by atoms with Gasteiger partial charge in [-0.2, -0.15) is 0 Å².